The van der Waals surface area contributed by atoms with Crippen molar-refractivity contribution in [2.24, 2.45) is 0 Å². The van der Waals surface area contributed by atoms with E-state index in [9.17, 15) is 14.4 Å². The zero-order chi connectivity index (χ0) is 19.7. The fraction of sp³-hybridized carbons (Fsp3) is 0.318. The quantitative estimate of drug-likeness (QED) is 0.767. The second-order valence-corrected chi connectivity index (χ2v) is 7.21. The minimum Gasteiger partial charge on any atom is -0.482 e. The smallest absolute Gasteiger partial charge is 0.265 e. The number of carbonyl (C=O) groups excluding carboxylic acids is 3. The van der Waals surface area contributed by atoms with E-state index in [4.69, 9.17) is 4.74 Å². The maximum Gasteiger partial charge on any atom is 0.265 e. The first-order valence-corrected chi connectivity index (χ1v) is 9.49. The van der Waals surface area contributed by atoms with Crippen molar-refractivity contribution in [3.05, 3.63) is 59.2 Å². The first kappa shape index (κ1) is 18.2. The number of anilines is 1. The number of amides is 2. The largest absolute Gasteiger partial charge is 0.482 e. The highest BCUT2D eigenvalue weighted by atomic mass is 16.5. The topological polar surface area (TPSA) is 66.9 Å². The Morgan fingerprint density at radius 2 is 1.82 bits per heavy atom. The molecule has 0 aliphatic carbocycles. The van der Waals surface area contributed by atoms with Crippen molar-refractivity contribution in [1.29, 1.82) is 0 Å². The first-order valence-electron chi connectivity index (χ1n) is 9.49. The molecule has 1 fully saturated rings. The van der Waals surface area contributed by atoms with E-state index in [1.807, 2.05) is 29.2 Å². The SMILES string of the molecule is CC(=O)c1ccc2c(c1)N(Cc1cccc(C(=O)N3CCCC3)c1)C(=O)CO2. The van der Waals surface area contributed by atoms with Crippen LogP contribution in [-0.2, 0) is 11.3 Å². The summed E-state index contributed by atoms with van der Waals surface area (Å²) in [7, 11) is 0. The van der Waals surface area contributed by atoms with Crippen molar-refractivity contribution < 1.29 is 19.1 Å². The predicted octanol–water partition coefficient (Wildman–Crippen LogP) is 3.05. The van der Waals surface area contributed by atoms with Gasteiger partial charge >= 0.3 is 0 Å². The molecule has 2 aliphatic rings. The number of fused-ring (bicyclic) bond motifs is 1. The van der Waals surface area contributed by atoms with Crippen LogP contribution in [0.4, 0.5) is 5.69 Å². The van der Waals surface area contributed by atoms with Crippen LogP contribution in [-0.4, -0.2) is 42.2 Å². The molecule has 6 heteroatoms. The Hall–Kier alpha value is -3.15. The molecule has 0 atom stereocenters. The molecule has 0 unspecified atom stereocenters. The second-order valence-electron chi connectivity index (χ2n) is 7.21. The molecular weight excluding hydrogens is 356 g/mol. The van der Waals surface area contributed by atoms with Gasteiger partial charge in [0, 0.05) is 24.2 Å². The highest BCUT2D eigenvalue weighted by molar-refractivity contribution is 6.01. The zero-order valence-corrected chi connectivity index (χ0v) is 15.8. The molecule has 2 aromatic carbocycles. The van der Waals surface area contributed by atoms with Gasteiger partial charge in [-0.1, -0.05) is 12.1 Å². The van der Waals surface area contributed by atoms with Crippen LogP contribution in [0.1, 0.15) is 46.0 Å². The molecule has 0 aromatic heterocycles. The van der Waals surface area contributed by atoms with Crippen LogP contribution in [0.5, 0.6) is 5.75 Å². The second kappa shape index (κ2) is 7.46. The summed E-state index contributed by atoms with van der Waals surface area (Å²) in [5.74, 6) is 0.365. The van der Waals surface area contributed by atoms with Gasteiger partial charge in [0.25, 0.3) is 11.8 Å². The van der Waals surface area contributed by atoms with Gasteiger partial charge in [0.15, 0.2) is 12.4 Å². The Kier molecular flexibility index (Phi) is 4.86. The lowest BCUT2D eigenvalue weighted by Crippen LogP contribution is -2.38. The molecule has 144 valence electrons. The van der Waals surface area contributed by atoms with Gasteiger partial charge in [-0.15, -0.1) is 0 Å². The fourth-order valence-corrected chi connectivity index (χ4v) is 3.68. The highest BCUT2D eigenvalue weighted by Crippen LogP contribution is 2.34. The molecule has 0 saturated carbocycles. The van der Waals surface area contributed by atoms with Crippen LogP contribution in [0.25, 0.3) is 0 Å². The molecule has 4 rings (SSSR count). The van der Waals surface area contributed by atoms with Crippen LogP contribution < -0.4 is 9.64 Å². The molecule has 0 spiro atoms. The van der Waals surface area contributed by atoms with Gasteiger partial charge in [0.2, 0.25) is 0 Å². The number of ketones is 1. The van der Waals surface area contributed by atoms with Crippen molar-refractivity contribution in [1.82, 2.24) is 4.90 Å². The van der Waals surface area contributed by atoms with E-state index >= 15 is 0 Å². The Bertz CT molecular complexity index is 947. The van der Waals surface area contributed by atoms with Crippen LogP contribution >= 0.6 is 0 Å². The number of rotatable bonds is 4. The molecule has 2 amide bonds. The lowest BCUT2D eigenvalue weighted by atomic mass is 10.1. The van der Waals surface area contributed by atoms with Crippen LogP contribution in [0.2, 0.25) is 0 Å². The lowest BCUT2D eigenvalue weighted by molar-refractivity contribution is -0.121. The van der Waals surface area contributed by atoms with Gasteiger partial charge < -0.3 is 14.5 Å². The van der Waals surface area contributed by atoms with Crippen molar-refractivity contribution >= 4 is 23.3 Å². The summed E-state index contributed by atoms with van der Waals surface area (Å²) in [6.45, 7) is 3.36. The Balaban J connectivity index is 1.61. The van der Waals surface area contributed by atoms with Crippen LogP contribution in [0.3, 0.4) is 0 Å². The minimum atomic E-state index is -0.176. The van der Waals surface area contributed by atoms with Gasteiger partial charge in [0.05, 0.1) is 12.2 Å². The van der Waals surface area contributed by atoms with E-state index in [-0.39, 0.29) is 24.2 Å². The predicted molar refractivity (Wildman–Crippen MR) is 105 cm³/mol. The summed E-state index contributed by atoms with van der Waals surface area (Å²) in [5, 5.41) is 0. The van der Waals surface area contributed by atoms with E-state index in [2.05, 4.69) is 0 Å². The van der Waals surface area contributed by atoms with E-state index in [0.29, 0.717) is 29.1 Å². The third-order valence-electron chi connectivity index (χ3n) is 5.22. The maximum atomic E-state index is 12.7. The van der Waals surface area contributed by atoms with Gasteiger partial charge in [-0.25, -0.2) is 0 Å². The normalized spacial score (nSPS) is 16.0. The molecule has 0 N–H and O–H groups in total. The third-order valence-corrected chi connectivity index (χ3v) is 5.22. The summed E-state index contributed by atoms with van der Waals surface area (Å²) in [4.78, 5) is 40.4. The van der Waals surface area contributed by atoms with Gasteiger partial charge in [-0.3, -0.25) is 14.4 Å². The van der Waals surface area contributed by atoms with Crippen molar-refractivity contribution in [2.75, 3.05) is 24.6 Å². The van der Waals surface area contributed by atoms with E-state index in [1.54, 1.807) is 23.1 Å². The molecule has 2 heterocycles. The standard InChI is InChI=1S/C22H22N2O4/c1-15(25)17-7-8-20-19(12-17)24(21(26)14-28-20)13-16-5-4-6-18(11-16)22(27)23-9-2-3-10-23/h4-8,11-12H,2-3,9-10,13-14H2,1H3. The van der Waals surface area contributed by atoms with Crippen LogP contribution in [0.15, 0.2) is 42.5 Å². The van der Waals surface area contributed by atoms with E-state index in [0.717, 1.165) is 31.5 Å². The van der Waals surface area contributed by atoms with Crippen LogP contribution in [0, 0.1) is 0 Å². The van der Waals surface area contributed by atoms with Gasteiger partial charge in [-0.05, 0) is 55.7 Å². The number of hydrogen-bond donors (Lipinski definition) is 0. The number of hydrogen-bond acceptors (Lipinski definition) is 4. The molecule has 0 radical (unpaired) electrons. The van der Waals surface area contributed by atoms with E-state index in [1.165, 1.54) is 6.92 Å². The lowest BCUT2D eigenvalue weighted by Gasteiger charge is -2.30. The molecule has 0 bridgehead atoms. The molecular formula is C22H22N2O4. The number of likely N-dealkylation sites (tertiary alicyclic amines) is 1. The molecule has 28 heavy (non-hydrogen) atoms. The summed E-state index contributed by atoms with van der Waals surface area (Å²) < 4.78 is 5.50. The summed E-state index contributed by atoms with van der Waals surface area (Å²) in [6.07, 6.45) is 2.09. The number of carbonyl (C=O) groups is 3. The third kappa shape index (κ3) is 3.50. The Labute approximate surface area is 163 Å². The monoisotopic (exact) mass is 378 g/mol. The summed E-state index contributed by atoms with van der Waals surface area (Å²) >= 11 is 0. The Morgan fingerprint density at radius 3 is 2.57 bits per heavy atom. The molecule has 1 saturated heterocycles. The number of ether oxygens (including phenoxy) is 1. The zero-order valence-electron chi connectivity index (χ0n) is 15.8. The number of nitrogens with zero attached hydrogens (tertiary/aromatic N) is 2. The van der Waals surface area contributed by atoms with E-state index < -0.39 is 0 Å². The summed E-state index contributed by atoms with van der Waals surface area (Å²) in [6, 6.07) is 12.5. The average Bonchev–Trinajstić information content (AvgIpc) is 3.24. The van der Waals surface area contributed by atoms with Crippen molar-refractivity contribution in [3.63, 3.8) is 0 Å². The maximum absolute atomic E-state index is 12.7. The fourth-order valence-electron chi connectivity index (χ4n) is 3.68. The number of Topliss-reactive ketones (excluding diaryl/α,β-unsaturated/α-hetero) is 1. The molecule has 2 aliphatic heterocycles. The minimum absolute atomic E-state index is 0.0342. The summed E-state index contributed by atoms with van der Waals surface area (Å²) in [5.41, 5.74) is 2.61. The van der Waals surface area contributed by atoms with Crippen molar-refractivity contribution in [3.8, 4) is 5.75 Å². The average molecular weight is 378 g/mol. The number of benzene rings is 2. The van der Waals surface area contributed by atoms with Gasteiger partial charge in [0.1, 0.15) is 5.75 Å². The molecule has 2 aromatic rings. The first-order chi connectivity index (χ1) is 13.5. The Morgan fingerprint density at radius 1 is 1.04 bits per heavy atom. The molecule has 6 nitrogen and oxygen atoms in total. The van der Waals surface area contributed by atoms with Gasteiger partial charge in [-0.2, -0.15) is 0 Å². The highest BCUT2D eigenvalue weighted by Gasteiger charge is 2.27. The van der Waals surface area contributed by atoms with Crippen molar-refractivity contribution in [2.45, 2.75) is 26.3 Å².